The van der Waals surface area contributed by atoms with Gasteiger partial charge in [0.15, 0.2) is 0 Å². The molecule has 0 rings (SSSR count). The second kappa shape index (κ2) is 4.59. The predicted molar refractivity (Wildman–Crippen MR) is 70.1 cm³/mol. The first-order chi connectivity index (χ1) is 5.55. The summed E-state index contributed by atoms with van der Waals surface area (Å²) in [5.41, 5.74) is 0. The Labute approximate surface area is 87.4 Å². The van der Waals surface area contributed by atoms with Crippen molar-refractivity contribution in [1.29, 1.82) is 0 Å². The van der Waals surface area contributed by atoms with Crippen molar-refractivity contribution in [2.75, 3.05) is 19.2 Å². The largest absolute Gasteiger partial charge is 0.109 e. The van der Waals surface area contributed by atoms with Gasteiger partial charge in [-0.2, -0.15) is 0 Å². The molecule has 0 aromatic heterocycles. The van der Waals surface area contributed by atoms with Gasteiger partial charge < -0.3 is 0 Å². The molecule has 0 aliphatic rings. The minimum absolute atomic E-state index is 0.147. The Morgan fingerprint density at radius 3 is 1.15 bits per heavy atom. The molecular weight excluding hydrogens is 194 g/mol. The minimum atomic E-state index is 0.147. The van der Waals surface area contributed by atoms with Gasteiger partial charge in [0.1, 0.15) is 0 Å². The van der Waals surface area contributed by atoms with Crippen LogP contribution in [0.15, 0.2) is 0 Å². The molecule has 2 heteroatoms. The Morgan fingerprint density at radius 1 is 0.769 bits per heavy atom. The van der Waals surface area contributed by atoms with E-state index >= 15 is 0 Å². The molecule has 0 nitrogen and oxygen atoms in total. The highest BCUT2D eigenvalue weighted by Gasteiger charge is 2.34. The zero-order valence-electron chi connectivity index (χ0n) is 10.6. The molecule has 0 spiro atoms. The highest BCUT2D eigenvalue weighted by atomic mass is 31.2. The molecule has 0 saturated heterocycles. The minimum Gasteiger partial charge on any atom is -0.109 e. The summed E-state index contributed by atoms with van der Waals surface area (Å²) < 4.78 is 0. The lowest BCUT2D eigenvalue weighted by molar-refractivity contribution is 0.709. The zero-order valence-corrected chi connectivity index (χ0v) is 12.4. The van der Waals surface area contributed by atoms with Gasteiger partial charge in [-0.25, -0.2) is 0 Å². The van der Waals surface area contributed by atoms with Gasteiger partial charge in [-0.1, -0.05) is 49.5 Å². The average Bonchev–Trinajstić information content (AvgIpc) is 1.77. The Morgan fingerprint density at radius 2 is 1.08 bits per heavy atom. The van der Waals surface area contributed by atoms with Gasteiger partial charge in [-0.3, -0.25) is 0 Å². The smallest absolute Gasteiger partial charge is 0.0116 e. The lowest BCUT2D eigenvalue weighted by atomic mass is 10.2. The van der Waals surface area contributed by atoms with E-state index in [2.05, 4.69) is 54.9 Å². The van der Waals surface area contributed by atoms with Gasteiger partial charge in [0.2, 0.25) is 0 Å². The van der Waals surface area contributed by atoms with E-state index in [1.54, 1.807) is 0 Å². The highest BCUT2D eigenvalue weighted by Crippen LogP contribution is 2.63. The fraction of sp³-hybridized carbons (Fsp3) is 1.00. The normalized spacial score (nSPS) is 14.3. The molecule has 0 aliphatic carbocycles. The van der Waals surface area contributed by atoms with Crippen molar-refractivity contribution >= 4 is 15.8 Å². The lowest BCUT2D eigenvalue weighted by Crippen LogP contribution is -2.26. The number of hydrogen-bond acceptors (Lipinski definition) is 0. The fourth-order valence-corrected chi connectivity index (χ4v) is 9.38. The molecule has 0 aromatic carbocycles. The first kappa shape index (κ1) is 13.9. The van der Waals surface area contributed by atoms with Gasteiger partial charge in [0.05, 0.1) is 0 Å². The van der Waals surface area contributed by atoms with Crippen LogP contribution in [0, 0.1) is 0 Å². The molecule has 0 N–H and O–H groups in total. The van der Waals surface area contributed by atoms with E-state index < -0.39 is 0 Å². The maximum absolute atomic E-state index is 2.41. The standard InChI is InChI=1S/C11H26P2/c1-10(2,3)13(9-12(7)8)11(4,5)6/h9H2,1-8H3. The summed E-state index contributed by atoms with van der Waals surface area (Å²) in [5.74, 6) is 1.47. The zero-order chi connectivity index (χ0) is 10.9. The van der Waals surface area contributed by atoms with Crippen molar-refractivity contribution in [3.05, 3.63) is 0 Å². The quantitative estimate of drug-likeness (QED) is 0.588. The summed E-state index contributed by atoms with van der Waals surface area (Å²) in [4.78, 5) is 0. The van der Waals surface area contributed by atoms with E-state index in [4.69, 9.17) is 0 Å². The van der Waals surface area contributed by atoms with Crippen molar-refractivity contribution in [2.45, 2.75) is 51.9 Å². The molecule has 0 amide bonds. The van der Waals surface area contributed by atoms with E-state index in [9.17, 15) is 0 Å². The molecule has 0 heterocycles. The molecule has 0 atom stereocenters. The number of rotatable bonds is 2. The van der Waals surface area contributed by atoms with Crippen LogP contribution in [0.4, 0.5) is 0 Å². The third-order valence-electron chi connectivity index (χ3n) is 2.04. The third-order valence-corrected chi connectivity index (χ3v) is 8.68. The van der Waals surface area contributed by atoms with Crippen LogP contribution in [0.2, 0.25) is 0 Å². The topological polar surface area (TPSA) is 0 Å². The van der Waals surface area contributed by atoms with Crippen LogP contribution in [-0.4, -0.2) is 29.5 Å². The summed E-state index contributed by atoms with van der Waals surface area (Å²) >= 11 is 0. The highest BCUT2D eigenvalue weighted by molar-refractivity contribution is 7.75. The van der Waals surface area contributed by atoms with Gasteiger partial charge in [0.25, 0.3) is 0 Å². The Balaban J connectivity index is 4.58. The van der Waals surface area contributed by atoms with Crippen LogP contribution in [-0.2, 0) is 0 Å². The van der Waals surface area contributed by atoms with Gasteiger partial charge in [-0.05, 0) is 29.5 Å². The van der Waals surface area contributed by atoms with E-state index in [-0.39, 0.29) is 15.8 Å². The van der Waals surface area contributed by atoms with E-state index in [0.29, 0.717) is 10.3 Å². The van der Waals surface area contributed by atoms with Gasteiger partial charge >= 0.3 is 0 Å². The van der Waals surface area contributed by atoms with Crippen molar-refractivity contribution in [2.24, 2.45) is 0 Å². The van der Waals surface area contributed by atoms with Crippen molar-refractivity contribution in [3.63, 3.8) is 0 Å². The fourth-order valence-electron chi connectivity index (χ4n) is 1.71. The Hall–Kier alpha value is 0.860. The summed E-state index contributed by atoms with van der Waals surface area (Å²) in [6.45, 7) is 19.2. The van der Waals surface area contributed by atoms with E-state index in [1.165, 1.54) is 5.90 Å². The molecule has 0 bridgehead atoms. The van der Waals surface area contributed by atoms with Gasteiger partial charge in [-0.15, -0.1) is 7.92 Å². The summed E-state index contributed by atoms with van der Waals surface area (Å²) in [5, 5.41) is 1.03. The lowest BCUT2D eigenvalue weighted by Gasteiger charge is -2.42. The van der Waals surface area contributed by atoms with Crippen LogP contribution in [0.3, 0.4) is 0 Å². The average molecular weight is 220 g/mol. The molecule has 0 unspecified atom stereocenters. The maximum atomic E-state index is 2.41. The first-order valence-electron chi connectivity index (χ1n) is 4.97. The summed E-state index contributed by atoms with van der Waals surface area (Å²) in [6, 6.07) is 0. The van der Waals surface area contributed by atoms with Gasteiger partial charge in [0, 0.05) is 0 Å². The van der Waals surface area contributed by atoms with Crippen LogP contribution < -0.4 is 0 Å². The molecule has 13 heavy (non-hydrogen) atoms. The first-order valence-corrected chi connectivity index (χ1v) is 8.92. The molecule has 0 saturated carbocycles. The predicted octanol–water partition coefficient (Wildman–Crippen LogP) is 4.76. The van der Waals surface area contributed by atoms with Crippen LogP contribution in [0.5, 0.6) is 0 Å². The summed E-state index contributed by atoms with van der Waals surface area (Å²) in [6.07, 6.45) is 0. The van der Waals surface area contributed by atoms with Crippen molar-refractivity contribution in [3.8, 4) is 0 Å². The second-order valence-corrected chi connectivity index (χ2v) is 12.8. The van der Waals surface area contributed by atoms with E-state index in [0.717, 1.165) is 0 Å². The molecular formula is C11H26P2. The van der Waals surface area contributed by atoms with Crippen molar-refractivity contribution in [1.82, 2.24) is 0 Å². The molecule has 0 radical (unpaired) electrons. The number of hydrogen-bond donors (Lipinski definition) is 0. The molecule has 0 aromatic rings. The molecule has 0 aliphatic heterocycles. The second-order valence-electron chi connectivity index (χ2n) is 5.99. The molecule has 80 valence electrons. The Bertz CT molecular complexity index is 134. The third kappa shape index (κ3) is 5.34. The van der Waals surface area contributed by atoms with Crippen LogP contribution >= 0.6 is 15.8 Å². The van der Waals surface area contributed by atoms with Crippen LogP contribution in [0.25, 0.3) is 0 Å². The summed E-state index contributed by atoms with van der Waals surface area (Å²) in [7, 11) is 0.407. The maximum Gasteiger partial charge on any atom is -0.0116 e. The van der Waals surface area contributed by atoms with Crippen LogP contribution in [0.1, 0.15) is 41.5 Å². The van der Waals surface area contributed by atoms with E-state index in [1.807, 2.05) is 0 Å². The monoisotopic (exact) mass is 220 g/mol. The Kier molecular flexibility index (Phi) is 4.89. The molecule has 0 fully saturated rings. The SMILES string of the molecule is CP(C)CP(C(C)(C)C)C(C)(C)C. The van der Waals surface area contributed by atoms with Crippen molar-refractivity contribution < 1.29 is 0 Å².